The second-order valence-corrected chi connectivity index (χ2v) is 4.52. The quantitative estimate of drug-likeness (QED) is 0.911. The molecule has 5 heteroatoms. The number of hydrogen-bond donors (Lipinski definition) is 1. The normalized spacial score (nSPS) is 10.8. The molecule has 2 nitrogen and oxygen atoms in total. The number of rotatable bonds is 4. The Labute approximate surface area is 102 Å². The standard InChI is InChI=1S/C12H11F2NOS/c13-8-3-4-9(10(14)6-8)11-7-17-12(15-11)2-1-5-16/h3-4,6-7,16H,1-2,5H2. The van der Waals surface area contributed by atoms with Crippen LogP contribution >= 0.6 is 11.3 Å². The summed E-state index contributed by atoms with van der Waals surface area (Å²) in [4.78, 5) is 4.25. The molecule has 0 spiro atoms. The Hall–Kier alpha value is -1.33. The zero-order chi connectivity index (χ0) is 12.3. The predicted molar refractivity (Wildman–Crippen MR) is 62.9 cm³/mol. The molecule has 1 N–H and O–H groups in total. The van der Waals surface area contributed by atoms with Crippen molar-refractivity contribution in [3.63, 3.8) is 0 Å². The summed E-state index contributed by atoms with van der Waals surface area (Å²) in [6.07, 6.45) is 1.31. The van der Waals surface area contributed by atoms with Crippen LogP contribution in [0.2, 0.25) is 0 Å². The van der Waals surface area contributed by atoms with Crippen LogP contribution in [0.5, 0.6) is 0 Å². The van der Waals surface area contributed by atoms with Crippen LogP contribution in [-0.2, 0) is 6.42 Å². The van der Waals surface area contributed by atoms with Crippen LogP contribution in [0.3, 0.4) is 0 Å². The summed E-state index contributed by atoms with van der Waals surface area (Å²) in [6, 6.07) is 3.45. The molecule has 0 saturated heterocycles. The van der Waals surface area contributed by atoms with E-state index in [1.54, 1.807) is 5.38 Å². The highest BCUT2D eigenvalue weighted by molar-refractivity contribution is 7.09. The van der Waals surface area contributed by atoms with Gasteiger partial charge in [-0.3, -0.25) is 0 Å². The van der Waals surface area contributed by atoms with Crippen molar-refractivity contribution in [2.75, 3.05) is 6.61 Å². The summed E-state index contributed by atoms with van der Waals surface area (Å²) < 4.78 is 26.2. The van der Waals surface area contributed by atoms with E-state index in [9.17, 15) is 8.78 Å². The van der Waals surface area contributed by atoms with Crippen molar-refractivity contribution in [2.45, 2.75) is 12.8 Å². The van der Waals surface area contributed by atoms with Crippen LogP contribution in [-0.4, -0.2) is 16.7 Å². The number of aliphatic hydroxyl groups is 1. The first-order valence-corrected chi connectivity index (χ1v) is 6.09. The number of aromatic nitrogens is 1. The number of hydrogen-bond acceptors (Lipinski definition) is 3. The summed E-state index contributed by atoms with van der Waals surface area (Å²) in [7, 11) is 0. The van der Waals surface area contributed by atoms with Gasteiger partial charge in [-0.1, -0.05) is 0 Å². The van der Waals surface area contributed by atoms with Gasteiger partial charge in [0.05, 0.1) is 10.7 Å². The summed E-state index contributed by atoms with van der Waals surface area (Å²) in [5, 5.41) is 11.3. The fraction of sp³-hybridized carbons (Fsp3) is 0.250. The average molecular weight is 255 g/mol. The molecule has 0 fully saturated rings. The molecule has 2 aromatic rings. The summed E-state index contributed by atoms with van der Waals surface area (Å²) in [5.41, 5.74) is 0.818. The van der Waals surface area contributed by atoms with Gasteiger partial charge in [-0.05, 0) is 18.6 Å². The molecule has 0 radical (unpaired) electrons. The Balaban J connectivity index is 2.24. The molecule has 1 aromatic heterocycles. The molecule has 0 aliphatic heterocycles. The van der Waals surface area contributed by atoms with E-state index < -0.39 is 11.6 Å². The smallest absolute Gasteiger partial charge is 0.135 e. The first-order valence-electron chi connectivity index (χ1n) is 5.21. The van der Waals surface area contributed by atoms with Crippen LogP contribution < -0.4 is 0 Å². The zero-order valence-corrected chi connectivity index (χ0v) is 9.81. The minimum absolute atomic E-state index is 0.111. The van der Waals surface area contributed by atoms with Crippen molar-refractivity contribution >= 4 is 11.3 Å². The highest BCUT2D eigenvalue weighted by Crippen LogP contribution is 2.25. The largest absolute Gasteiger partial charge is 0.396 e. The van der Waals surface area contributed by atoms with Gasteiger partial charge < -0.3 is 5.11 Å². The van der Waals surface area contributed by atoms with Gasteiger partial charge in [0.2, 0.25) is 0 Å². The second-order valence-electron chi connectivity index (χ2n) is 3.58. The van der Waals surface area contributed by atoms with Gasteiger partial charge in [0.25, 0.3) is 0 Å². The second kappa shape index (κ2) is 5.33. The molecule has 0 aliphatic carbocycles. The zero-order valence-electron chi connectivity index (χ0n) is 8.99. The highest BCUT2D eigenvalue weighted by Gasteiger charge is 2.10. The number of aliphatic hydroxyl groups excluding tert-OH is 1. The molecular formula is C12H11F2NOS. The number of benzene rings is 1. The number of thiazole rings is 1. The van der Waals surface area contributed by atoms with E-state index >= 15 is 0 Å². The third-order valence-corrected chi connectivity index (χ3v) is 3.22. The Kier molecular flexibility index (Phi) is 3.81. The fourth-order valence-corrected chi connectivity index (χ4v) is 2.32. The summed E-state index contributed by atoms with van der Waals surface area (Å²) >= 11 is 1.41. The third-order valence-electron chi connectivity index (χ3n) is 2.31. The lowest BCUT2D eigenvalue weighted by atomic mass is 10.1. The van der Waals surface area contributed by atoms with Crippen molar-refractivity contribution in [3.05, 3.63) is 40.2 Å². The number of nitrogens with zero attached hydrogens (tertiary/aromatic N) is 1. The minimum Gasteiger partial charge on any atom is -0.396 e. The maximum atomic E-state index is 13.5. The molecule has 1 aromatic carbocycles. The Morgan fingerprint density at radius 3 is 2.82 bits per heavy atom. The lowest BCUT2D eigenvalue weighted by Crippen LogP contribution is -1.90. The van der Waals surface area contributed by atoms with E-state index in [1.807, 2.05) is 0 Å². The van der Waals surface area contributed by atoms with Crippen LogP contribution in [0.1, 0.15) is 11.4 Å². The molecule has 0 bridgehead atoms. The van der Waals surface area contributed by atoms with Gasteiger partial charge in [0, 0.05) is 30.0 Å². The van der Waals surface area contributed by atoms with Gasteiger partial charge in [-0.15, -0.1) is 11.3 Å². The van der Waals surface area contributed by atoms with E-state index in [2.05, 4.69) is 4.98 Å². The topological polar surface area (TPSA) is 33.1 Å². The average Bonchev–Trinajstić information content (AvgIpc) is 2.75. The summed E-state index contributed by atoms with van der Waals surface area (Å²) in [5.74, 6) is -1.20. The molecule has 0 atom stereocenters. The lowest BCUT2D eigenvalue weighted by molar-refractivity contribution is 0.288. The number of halogens is 2. The lowest BCUT2D eigenvalue weighted by Gasteiger charge is -1.99. The Morgan fingerprint density at radius 2 is 2.12 bits per heavy atom. The monoisotopic (exact) mass is 255 g/mol. The molecule has 0 unspecified atom stereocenters. The molecule has 1 heterocycles. The van der Waals surface area contributed by atoms with Gasteiger partial charge in [-0.25, -0.2) is 13.8 Å². The summed E-state index contributed by atoms with van der Waals surface area (Å²) in [6.45, 7) is 0.111. The SMILES string of the molecule is OCCCc1nc(-c2ccc(F)cc2F)cs1. The van der Waals surface area contributed by atoms with Gasteiger partial charge in [0.1, 0.15) is 11.6 Å². The van der Waals surface area contributed by atoms with Crippen molar-refractivity contribution < 1.29 is 13.9 Å². The van der Waals surface area contributed by atoms with E-state index in [0.717, 1.165) is 11.1 Å². The van der Waals surface area contributed by atoms with Gasteiger partial charge >= 0.3 is 0 Å². The van der Waals surface area contributed by atoms with Crippen LogP contribution in [0, 0.1) is 11.6 Å². The van der Waals surface area contributed by atoms with Crippen molar-refractivity contribution in [1.82, 2.24) is 4.98 Å². The van der Waals surface area contributed by atoms with Crippen LogP contribution in [0.25, 0.3) is 11.3 Å². The maximum absolute atomic E-state index is 13.5. The first kappa shape index (κ1) is 12.1. The highest BCUT2D eigenvalue weighted by atomic mass is 32.1. The molecule has 17 heavy (non-hydrogen) atoms. The molecule has 0 aliphatic rings. The third kappa shape index (κ3) is 2.87. The van der Waals surface area contributed by atoms with E-state index in [1.165, 1.54) is 23.5 Å². The minimum atomic E-state index is -0.607. The molecular weight excluding hydrogens is 244 g/mol. The van der Waals surface area contributed by atoms with Gasteiger partial charge in [0.15, 0.2) is 0 Å². The fourth-order valence-electron chi connectivity index (χ4n) is 1.48. The first-order chi connectivity index (χ1) is 8.20. The molecule has 0 saturated carbocycles. The maximum Gasteiger partial charge on any atom is 0.135 e. The van der Waals surface area contributed by atoms with E-state index in [0.29, 0.717) is 24.1 Å². The van der Waals surface area contributed by atoms with Crippen molar-refractivity contribution in [1.29, 1.82) is 0 Å². The van der Waals surface area contributed by atoms with Crippen LogP contribution in [0.4, 0.5) is 8.78 Å². The van der Waals surface area contributed by atoms with Gasteiger partial charge in [-0.2, -0.15) is 0 Å². The van der Waals surface area contributed by atoms with Crippen molar-refractivity contribution in [3.8, 4) is 11.3 Å². The molecule has 0 amide bonds. The number of aryl methyl sites for hydroxylation is 1. The van der Waals surface area contributed by atoms with Crippen molar-refractivity contribution in [2.24, 2.45) is 0 Å². The molecule has 2 rings (SSSR count). The van der Waals surface area contributed by atoms with Crippen LogP contribution in [0.15, 0.2) is 23.6 Å². The van der Waals surface area contributed by atoms with E-state index in [4.69, 9.17) is 5.11 Å². The molecule has 90 valence electrons. The predicted octanol–water partition coefficient (Wildman–Crippen LogP) is 3.01. The Bertz CT molecular complexity index is 513. The van der Waals surface area contributed by atoms with E-state index in [-0.39, 0.29) is 6.61 Å². The Morgan fingerprint density at radius 1 is 1.29 bits per heavy atom.